The zero-order chi connectivity index (χ0) is 16.2. The van der Waals surface area contributed by atoms with Crippen molar-refractivity contribution in [2.75, 3.05) is 13.1 Å². The fourth-order valence-corrected chi connectivity index (χ4v) is 4.52. The Morgan fingerprint density at radius 2 is 1.96 bits per heavy atom. The maximum absolute atomic E-state index is 12.8. The Labute approximate surface area is 137 Å². The lowest BCUT2D eigenvalue weighted by molar-refractivity contribution is -0.0378. The van der Waals surface area contributed by atoms with E-state index in [2.05, 4.69) is 34.7 Å². The predicted molar refractivity (Wildman–Crippen MR) is 92.5 cm³/mol. The molecule has 23 heavy (non-hydrogen) atoms. The molecular weight excluding hydrogens is 286 g/mol. The number of amides is 1. The molecule has 4 heterocycles. The van der Waals surface area contributed by atoms with Gasteiger partial charge in [0.05, 0.1) is 0 Å². The molecule has 4 heteroatoms. The van der Waals surface area contributed by atoms with Gasteiger partial charge < -0.3 is 9.88 Å². The zero-order valence-corrected chi connectivity index (χ0v) is 14.2. The first-order chi connectivity index (χ1) is 11.0. The van der Waals surface area contributed by atoms with Crippen molar-refractivity contribution in [1.82, 2.24) is 14.8 Å². The molecule has 5 rings (SSSR count). The maximum atomic E-state index is 12.8. The normalized spacial score (nSPS) is 28.9. The van der Waals surface area contributed by atoms with Gasteiger partial charge in [-0.3, -0.25) is 9.69 Å². The molecule has 122 valence electrons. The summed E-state index contributed by atoms with van der Waals surface area (Å²) in [7, 11) is 2.03. The van der Waals surface area contributed by atoms with Gasteiger partial charge in [-0.15, -0.1) is 0 Å². The van der Waals surface area contributed by atoms with Crippen LogP contribution in [0.3, 0.4) is 0 Å². The van der Waals surface area contributed by atoms with E-state index < -0.39 is 0 Å². The van der Waals surface area contributed by atoms with Crippen molar-refractivity contribution in [1.29, 1.82) is 0 Å². The molecule has 0 spiro atoms. The standard InChI is InChI=1S/C19H25N3O/c1-19(2)17(13-7-10-22(19)11-8-13)20-18(23)15-4-5-16-14(12-15)6-9-21(16)3/h4-6,9,12-13,17H,7-8,10-11H2,1-3H3,(H,20,23). The lowest BCUT2D eigenvalue weighted by Gasteiger charge is -2.56. The largest absolute Gasteiger partial charge is 0.351 e. The van der Waals surface area contributed by atoms with Gasteiger partial charge in [-0.1, -0.05) is 0 Å². The number of nitrogens with zero attached hydrogens (tertiary/aromatic N) is 2. The van der Waals surface area contributed by atoms with Gasteiger partial charge in [0.25, 0.3) is 5.91 Å². The Balaban J connectivity index is 1.59. The van der Waals surface area contributed by atoms with E-state index in [-0.39, 0.29) is 17.5 Å². The second-order valence-electron chi connectivity index (χ2n) is 7.63. The average molecular weight is 311 g/mol. The van der Waals surface area contributed by atoms with Crippen molar-refractivity contribution < 1.29 is 4.79 Å². The van der Waals surface area contributed by atoms with Crippen LogP contribution >= 0.6 is 0 Å². The Morgan fingerprint density at radius 3 is 2.65 bits per heavy atom. The summed E-state index contributed by atoms with van der Waals surface area (Å²) in [6.45, 7) is 6.87. The summed E-state index contributed by atoms with van der Waals surface area (Å²) in [5, 5.41) is 4.46. The van der Waals surface area contributed by atoms with E-state index in [0.29, 0.717) is 5.92 Å². The van der Waals surface area contributed by atoms with Crippen molar-refractivity contribution in [2.45, 2.75) is 38.3 Å². The molecule has 1 amide bonds. The lowest BCUT2D eigenvalue weighted by Crippen LogP contribution is -2.69. The lowest BCUT2D eigenvalue weighted by atomic mass is 9.72. The summed E-state index contributed by atoms with van der Waals surface area (Å²) in [5.41, 5.74) is 1.97. The Kier molecular flexibility index (Phi) is 3.27. The van der Waals surface area contributed by atoms with Crippen LogP contribution in [0.5, 0.6) is 0 Å². The number of piperidine rings is 3. The number of rotatable bonds is 2. The number of carbonyl (C=O) groups is 1. The van der Waals surface area contributed by atoms with Crippen molar-refractivity contribution in [3.05, 3.63) is 36.0 Å². The summed E-state index contributed by atoms with van der Waals surface area (Å²) in [4.78, 5) is 15.3. The van der Waals surface area contributed by atoms with Crippen LogP contribution in [0.2, 0.25) is 0 Å². The number of aryl methyl sites for hydroxylation is 1. The van der Waals surface area contributed by atoms with Crippen molar-refractivity contribution in [3.8, 4) is 0 Å². The van der Waals surface area contributed by atoms with Crippen LogP contribution in [0.25, 0.3) is 10.9 Å². The number of nitrogens with one attached hydrogen (secondary N) is 1. The highest BCUT2D eigenvalue weighted by Crippen LogP contribution is 2.39. The quantitative estimate of drug-likeness (QED) is 0.926. The molecule has 2 aromatic rings. The first-order valence-corrected chi connectivity index (χ1v) is 8.58. The minimum Gasteiger partial charge on any atom is -0.351 e. The van der Waals surface area contributed by atoms with Crippen LogP contribution in [0, 0.1) is 5.92 Å². The summed E-state index contributed by atoms with van der Waals surface area (Å²) in [5.74, 6) is 0.669. The van der Waals surface area contributed by atoms with Gasteiger partial charge in [0.15, 0.2) is 0 Å². The van der Waals surface area contributed by atoms with E-state index in [1.54, 1.807) is 0 Å². The summed E-state index contributed by atoms with van der Waals surface area (Å²) >= 11 is 0. The predicted octanol–water partition coefficient (Wildman–Crippen LogP) is 2.78. The SMILES string of the molecule is Cn1ccc2cc(C(=O)NC3C4CCN(CC4)C3(C)C)ccc21. The minimum atomic E-state index is 0.0493. The number of hydrogen-bond donors (Lipinski definition) is 1. The number of aromatic nitrogens is 1. The number of fused-ring (bicyclic) bond motifs is 4. The van der Waals surface area contributed by atoms with Crippen LogP contribution in [0.4, 0.5) is 0 Å². The molecule has 1 N–H and O–H groups in total. The first-order valence-electron chi connectivity index (χ1n) is 8.58. The van der Waals surface area contributed by atoms with Crippen molar-refractivity contribution >= 4 is 16.8 Å². The van der Waals surface area contributed by atoms with Crippen LogP contribution in [-0.2, 0) is 7.05 Å². The average Bonchev–Trinajstić information content (AvgIpc) is 2.92. The molecule has 0 aliphatic carbocycles. The van der Waals surface area contributed by atoms with Crippen LogP contribution in [-0.4, -0.2) is 40.0 Å². The third kappa shape index (κ3) is 2.27. The van der Waals surface area contributed by atoms with Crippen LogP contribution < -0.4 is 5.32 Å². The molecule has 2 bridgehead atoms. The van der Waals surface area contributed by atoms with Gasteiger partial charge >= 0.3 is 0 Å². The van der Waals surface area contributed by atoms with Crippen LogP contribution in [0.15, 0.2) is 30.5 Å². The first kappa shape index (κ1) is 14.8. The Hall–Kier alpha value is -1.81. The molecule has 1 atom stereocenters. The van der Waals surface area contributed by atoms with E-state index in [1.807, 2.05) is 31.4 Å². The highest BCUT2D eigenvalue weighted by Gasteiger charge is 2.48. The number of carbonyl (C=O) groups excluding carboxylic acids is 1. The monoisotopic (exact) mass is 311 g/mol. The fourth-order valence-electron chi connectivity index (χ4n) is 4.52. The third-order valence-electron chi connectivity index (χ3n) is 6.02. The van der Waals surface area contributed by atoms with Gasteiger partial charge in [-0.2, -0.15) is 0 Å². The topological polar surface area (TPSA) is 37.3 Å². The molecule has 0 saturated carbocycles. The molecule has 3 fully saturated rings. The Bertz CT molecular complexity index is 753. The van der Waals surface area contributed by atoms with Gasteiger partial charge in [-0.05, 0) is 70.0 Å². The van der Waals surface area contributed by atoms with Gasteiger partial charge in [0, 0.05) is 41.3 Å². The van der Waals surface area contributed by atoms with E-state index in [0.717, 1.165) is 16.5 Å². The highest BCUT2D eigenvalue weighted by atomic mass is 16.1. The molecule has 1 aromatic heterocycles. The smallest absolute Gasteiger partial charge is 0.251 e. The molecular formula is C19H25N3O. The van der Waals surface area contributed by atoms with E-state index in [9.17, 15) is 4.79 Å². The maximum Gasteiger partial charge on any atom is 0.251 e. The summed E-state index contributed by atoms with van der Waals surface area (Å²) in [6, 6.07) is 8.27. The van der Waals surface area contributed by atoms with E-state index >= 15 is 0 Å². The van der Waals surface area contributed by atoms with E-state index in [4.69, 9.17) is 0 Å². The highest BCUT2D eigenvalue weighted by molar-refractivity contribution is 5.98. The van der Waals surface area contributed by atoms with Gasteiger partial charge in [0.1, 0.15) is 0 Å². The van der Waals surface area contributed by atoms with Gasteiger partial charge in [0.2, 0.25) is 0 Å². The number of benzene rings is 1. The van der Waals surface area contributed by atoms with Crippen molar-refractivity contribution in [2.24, 2.45) is 13.0 Å². The molecule has 3 aliphatic rings. The number of hydrogen-bond acceptors (Lipinski definition) is 2. The molecule has 4 nitrogen and oxygen atoms in total. The second-order valence-corrected chi connectivity index (χ2v) is 7.63. The zero-order valence-electron chi connectivity index (χ0n) is 14.2. The molecule has 1 aromatic carbocycles. The molecule has 0 radical (unpaired) electrons. The molecule has 1 unspecified atom stereocenters. The van der Waals surface area contributed by atoms with E-state index in [1.165, 1.54) is 25.9 Å². The third-order valence-corrected chi connectivity index (χ3v) is 6.02. The minimum absolute atomic E-state index is 0.0493. The summed E-state index contributed by atoms with van der Waals surface area (Å²) < 4.78 is 2.08. The fraction of sp³-hybridized carbons (Fsp3) is 0.526. The molecule has 3 aliphatic heterocycles. The summed E-state index contributed by atoms with van der Waals surface area (Å²) in [6.07, 6.45) is 4.43. The molecule has 3 saturated heterocycles. The van der Waals surface area contributed by atoms with Crippen molar-refractivity contribution in [3.63, 3.8) is 0 Å². The second kappa shape index (κ2) is 5.10. The van der Waals surface area contributed by atoms with Gasteiger partial charge in [-0.25, -0.2) is 0 Å². The Morgan fingerprint density at radius 1 is 1.22 bits per heavy atom. The van der Waals surface area contributed by atoms with Crippen LogP contribution in [0.1, 0.15) is 37.0 Å².